The predicted molar refractivity (Wildman–Crippen MR) is 97.0 cm³/mol. The van der Waals surface area contributed by atoms with E-state index >= 15 is 0 Å². The van der Waals surface area contributed by atoms with Crippen molar-refractivity contribution in [3.8, 4) is 5.75 Å². The topological polar surface area (TPSA) is 46.8 Å². The van der Waals surface area contributed by atoms with Gasteiger partial charge in [-0.05, 0) is 30.2 Å². The molecule has 0 atom stereocenters. The molecule has 0 radical (unpaired) electrons. The van der Waals surface area contributed by atoms with Gasteiger partial charge in [0, 0.05) is 31.9 Å². The van der Waals surface area contributed by atoms with Crippen LogP contribution in [0.4, 0.5) is 0 Å². The van der Waals surface area contributed by atoms with Crippen LogP contribution in [0.1, 0.15) is 18.2 Å². The van der Waals surface area contributed by atoms with Gasteiger partial charge in [-0.2, -0.15) is 0 Å². The maximum absolute atomic E-state index is 12.1. The average molecular weight is 335 g/mol. The van der Waals surface area contributed by atoms with Gasteiger partial charge in [0.15, 0.2) is 0 Å². The highest BCUT2D eigenvalue weighted by molar-refractivity contribution is 5.38. The van der Waals surface area contributed by atoms with Crippen molar-refractivity contribution >= 4 is 5.65 Å². The Balaban J connectivity index is 1.39. The van der Waals surface area contributed by atoms with Crippen molar-refractivity contribution in [2.75, 3.05) is 13.1 Å². The van der Waals surface area contributed by atoms with E-state index in [0.717, 1.165) is 31.0 Å². The summed E-state index contributed by atoms with van der Waals surface area (Å²) in [5.74, 6) is 0.983. The summed E-state index contributed by atoms with van der Waals surface area (Å²) in [5, 5.41) is 0. The quantitative estimate of drug-likeness (QED) is 0.719. The van der Waals surface area contributed by atoms with Gasteiger partial charge in [0.25, 0.3) is 5.56 Å². The molecule has 0 aliphatic carbocycles. The van der Waals surface area contributed by atoms with Crippen molar-refractivity contribution in [1.82, 2.24) is 14.3 Å². The van der Waals surface area contributed by atoms with Gasteiger partial charge in [-0.3, -0.25) is 14.1 Å². The van der Waals surface area contributed by atoms with E-state index in [1.165, 1.54) is 5.56 Å². The molecule has 4 rings (SSSR count). The number of benzene rings is 1. The molecule has 5 heteroatoms. The van der Waals surface area contributed by atoms with E-state index in [0.29, 0.717) is 12.2 Å². The maximum Gasteiger partial charge on any atom is 0.258 e. The summed E-state index contributed by atoms with van der Waals surface area (Å²) in [6.07, 6.45) is 2.92. The second-order valence-electron chi connectivity index (χ2n) is 6.41. The number of hydrogen-bond donors (Lipinski definition) is 0. The number of pyridine rings is 1. The summed E-state index contributed by atoms with van der Waals surface area (Å²) in [7, 11) is 0. The van der Waals surface area contributed by atoms with Crippen molar-refractivity contribution in [2.24, 2.45) is 0 Å². The first-order valence-corrected chi connectivity index (χ1v) is 8.67. The predicted octanol–water partition coefficient (Wildman–Crippen LogP) is 2.52. The van der Waals surface area contributed by atoms with E-state index < -0.39 is 0 Å². The molecule has 128 valence electrons. The molecule has 1 aromatic carbocycles. The molecular formula is C20H21N3O2. The molecule has 5 nitrogen and oxygen atoms in total. The van der Waals surface area contributed by atoms with Crippen LogP contribution in [0.5, 0.6) is 5.75 Å². The van der Waals surface area contributed by atoms with E-state index in [2.05, 4.69) is 22.9 Å². The average Bonchev–Trinajstić information content (AvgIpc) is 2.60. The second-order valence-corrected chi connectivity index (χ2v) is 6.41. The highest BCUT2D eigenvalue weighted by Crippen LogP contribution is 2.23. The first kappa shape index (κ1) is 15.8. The van der Waals surface area contributed by atoms with Crippen LogP contribution in [0.15, 0.2) is 59.5 Å². The number of nitrogens with zero attached hydrogens (tertiary/aromatic N) is 3. The Kier molecular flexibility index (Phi) is 4.24. The minimum absolute atomic E-state index is 0.0363. The summed E-state index contributed by atoms with van der Waals surface area (Å²) in [4.78, 5) is 19.0. The third-order valence-electron chi connectivity index (χ3n) is 4.58. The lowest BCUT2D eigenvalue weighted by atomic mass is 10.1. The molecule has 25 heavy (non-hydrogen) atoms. The maximum atomic E-state index is 12.1. The third kappa shape index (κ3) is 3.28. The lowest BCUT2D eigenvalue weighted by molar-refractivity contribution is 0.0133. The van der Waals surface area contributed by atoms with Crippen molar-refractivity contribution in [2.45, 2.75) is 26.0 Å². The molecule has 3 aromatic rings. The van der Waals surface area contributed by atoms with Gasteiger partial charge in [0.2, 0.25) is 0 Å². The third-order valence-corrected chi connectivity index (χ3v) is 4.58. The Hall–Kier alpha value is -2.66. The molecule has 0 unspecified atom stereocenters. The Bertz CT molecular complexity index is 945. The summed E-state index contributed by atoms with van der Waals surface area (Å²) < 4.78 is 7.67. The van der Waals surface area contributed by atoms with E-state index in [9.17, 15) is 4.79 Å². The van der Waals surface area contributed by atoms with Crippen LogP contribution in [0.2, 0.25) is 0 Å². The highest BCUT2D eigenvalue weighted by Gasteiger charge is 2.29. The van der Waals surface area contributed by atoms with Gasteiger partial charge < -0.3 is 4.74 Å². The molecule has 0 N–H and O–H groups in total. The van der Waals surface area contributed by atoms with Crippen LogP contribution in [0, 0.1) is 0 Å². The summed E-state index contributed by atoms with van der Waals surface area (Å²) in [6.45, 7) is 4.52. The zero-order valence-corrected chi connectivity index (χ0v) is 14.3. The molecule has 0 saturated carbocycles. The summed E-state index contributed by atoms with van der Waals surface area (Å²) in [6, 6.07) is 15.4. The molecule has 0 bridgehead atoms. The second kappa shape index (κ2) is 6.69. The van der Waals surface area contributed by atoms with Crippen molar-refractivity contribution in [3.63, 3.8) is 0 Å². The number of hydrogen-bond acceptors (Lipinski definition) is 4. The monoisotopic (exact) mass is 335 g/mol. The van der Waals surface area contributed by atoms with Gasteiger partial charge in [0.1, 0.15) is 17.5 Å². The van der Waals surface area contributed by atoms with Gasteiger partial charge in [-0.1, -0.05) is 31.2 Å². The molecule has 2 aromatic heterocycles. The fraction of sp³-hybridized carbons (Fsp3) is 0.300. The summed E-state index contributed by atoms with van der Waals surface area (Å²) in [5.41, 5.74) is 2.70. The molecule has 1 saturated heterocycles. The number of aryl methyl sites for hydroxylation is 1. The number of aromatic nitrogens is 2. The SMILES string of the molecule is CCc1ccccc1OC1CN(Cc2cc(=O)n3ccccc3n2)C1. The Morgan fingerprint density at radius 1 is 1.16 bits per heavy atom. The van der Waals surface area contributed by atoms with Crippen LogP contribution in [-0.2, 0) is 13.0 Å². The molecule has 1 aliphatic heterocycles. The number of para-hydroxylation sites is 1. The van der Waals surface area contributed by atoms with Gasteiger partial charge in [-0.25, -0.2) is 4.98 Å². The van der Waals surface area contributed by atoms with Crippen molar-refractivity contribution in [3.05, 3.63) is 76.3 Å². The van der Waals surface area contributed by atoms with Crippen LogP contribution in [-0.4, -0.2) is 33.5 Å². The Morgan fingerprint density at radius 2 is 1.96 bits per heavy atom. The zero-order valence-electron chi connectivity index (χ0n) is 14.3. The number of rotatable bonds is 5. The normalized spacial score (nSPS) is 15.2. The van der Waals surface area contributed by atoms with Crippen LogP contribution >= 0.6 is 0 Å². The van der Waals surface area contributed by atoms with Crippen LogP contribution in [0.3, 0.4) is 0 Å². The van der Waals surface area contributed by atoms with E-state index in [1.54, 1.807) is 16.7 Å². The van der Waals surface area contributed by atoms with Gasteiger partial charge in [0.05, 0.1) is 5.69 Å². The van der Waals surface area contributed by atoms with E-state index in [-0.39, 0.29) is 11.7 Å². The van der Waals surface area contributed by atoms with Crippen molar-refractivity contribution < 1.29 is 4.74 Å². The smallest absolute Gasteiger partial charge is 0.258 e. The Morgan fingerprint density at radius 3 is 2.80 bits per heavy atom. The van der Waals surface area contributed by atoms with E-state index in [1.807, 2.05) is 36.4 Å². The molecule has 3 heterocycles. The van der Waals surface area contributed by atoms with E-state index in [4.69, 9.17) is 4.74 Å². The molecular weight excluding hydrogens is 314 g/mol. The van der Waals surface area contributed by atoms with Crippen LogP contribution in [0.25, 0.3) is 5.65 Å². The lowest BCUT2D eigenvalue weighted by Gasteiger charge is -2.39. The molecule has 0 amide bonds. The number of ether oxygens (including phenoxy) is 1. The zero-order chi connectivity index (χ0) is 17.2. The Labute approximate surface area is 146 Å². The largest absolute Gasteiger partial charge is 0.487 e. The van der Waals surface area contributed by atoms with Gasteiger partial charge in [-0.15, -0.1) is 0 Å². The first-order valence-electron chi connectivity index (χ1n) is 8.67. The minimum Gasteiger partial charge on any atom is -0.487 e. The van der Waals surface area contributed by atoms with Crippen molar-refractivity contribution in [1.29, 1.82) is 0 Å². The standard InChI is InChI=1S/C20H21N3O2/c1-2-15-7-3-4-8-18(15)25-17-13-22(14-17)12-16-11-20(24)23-10-6-5-9-19(23)21-16/h3-11,17H,2,12-14H2,1H3. The summed E-state index contributed by atoms with van der Waals surface area (Å²) >= 11 is 0. The number of fused-ring (bicyclic) bond motifs is 1. The van der Waals surface area contributed by atoms with Gasteiger partial charge >= 0.3 is 0 Å². The van der Waals surface area contributed by atoms with Crippen LogP contribution < -0.4 is 10.3 Å². The first-order chi connectivity index (χ1) is 12.2. The molecule has 1 fully saturated rings. The fourth-order valence-electron chi connectivity index (χ4n) is 3.23. The molecule has 0 spiro atoms. The lowest BCUT2D eigenvalue weighted by Crippen LogP contribution is -2.53. The fourth-order valence-corrected chi connectivity index (χ4v) is 3.23. The molecule has 1 aliphatic rings. The minimum atomic E-state index is -0.0363. The number of likely N-dealkylation sites (tertiary alicyclic amines) is 1. The highest BCUT2D eigenvalue weighted by atomic mass is 16.5.